The fourth-order valence-electron chi connectivity index (χ4n) is 2.92. The van der Waals surface area contributed by atoms with E-state index in [2.05, 4.69) is 15.4 Å². The molecule has 1 fully saturated rings. The average Bonchev–Trinajstić information content (AvgIpc) is 2.94. The number of imidazole rings is 1. The van der Waals surface area contributed by atoms with Crippen LogP contribution >= 0.6 is 0 Å². The SMILES string of the molecule is CN(c1nc(NN)cn2ccnc12)C1CCCCC1O. The molecule has 0 spiro atoms. The number of hydrogen-bond donors (Lipinski definition) is 3. The highest BCUT2D eigenvalue weighted by atomic mass is 16.3. The number of aliphatic hydroxyl groups is 1. The number of aromatic nitrogens is 3. The highest BCUT2D eigenvalue weighted by Gasteiger charge is 2.28. The molecule has 2 atom stereocenters. The summed E-state index contributed by atoms with van der Waals surface area (Å²) in [6, 6.07) is 0.0739. The standard InChI is InChI=1S/C13H20N6O/c1-18(9-4-2-3-5-10(9)20)13-12-15-6-7-19(12)8-11(16-13)17-14/h6-10,17,20H,2-5,14H2,1H3. The molecule has 1 aliphatic carbocycles. The van der Waals surface area contributed by atoms with Crippen molar-refractivity contribution in [1.29, 1.82) is 0 Å². The molecular weight excluding hydrogens is 256 g/mol. The Bertz CT molecular complexity index is 598. The van der Waals surface area contributed by atoms with Crippen LogP contribution in [0, 0.1) is 0 Å². The number of likely N-dealkylation sites (N-methyl/N-ethyl adjacent to an activating group) is 1. The summed E-state index contributed by atoms with van der Waals surface area (Å²) in [7, 11) is 1.95. The summed E-state index contributed by atoms with van der Waals surface area (Å²) in [4.78, 5) is 10.9. The van der Waals surface area contributed by atoms with Crippen LogP contribution in [0.5, 0.6) is 0 Å². The fourth-order valence-corrected chi connectivity index (χ4v) is 2.92. The third-order valence-corrected chi connectivity index (χ3v) is 4.03. The van der Waals surface area contributed by atoms with Crippen molar-refractivity contribution in [2.45, 2.75) is 37.8 Å². The summed E-state index contributed by atoms with van der Waals surface area (Å²) in [5.74, 6) is 6.77. The summed E-state index contributed by atoms with van der Waals surface area (Å²) >= 11 is 0. The van der Waals surface area contributed by atoms with Crippen molar-refractivity contribution in [1.82, 2.24) is 14.4 Å². The number of fused-ring (bicyclic) bond motifs is 1. The lowest BCUT2D eigenvalue weighted by molar-refractivity contribution is 0.106. The van der Waals surface area contributed by atoms with Crippen molar-refractivity contribution in [3.05, 3.63) is 18.6 Å². The third kappa shape index (κ3) is 2.19. The lowest BCUT2D eigenvalue weighted by Gasteiger charge is -2.36. The van der Waals surface area contributed by atoms with Gasteiger partial charge in [0, 0.05) is 19.4 Å². The van der Waals surface area contributed by atoms with E-state index < -0.39 is 0 Å². The summed E-state index contributed by atoms with van der Waals surface area (Å²) < 4.78 is 1.88. The molecule has 0 bridgehead atoms. The van der Waals surface area contributed by atoms with Gasteiger partial charge in [-0.3, -0.25) is 0 Å². The number of rotatable bonds is 3. The van der Waals surface area contributed by atoms with Gasteiger partial charge in [0.15, 0.2) is 17.3 Å². The Balaban J connectivity index is 2.01. The monoisotopic (exact) mass is 276 g/mol. The Morgan fingerprint density at radius 3 is 3.00 bits per heavy atom. The number of nitrogen functional groups attached to an aromatic ring is 1. The van der Waals surface area contributed by atoms with Crippen molar-refractivity contribution < 1.29 is 5.11 Å². The molecule has 108 valence electrons. The first-order valence-electron chi connectivity index (χ1n) is 6.92. The van der Waals surface area contributed by atoms with E-state index in [1.54, 1.807) is 12.4 Å². The van der Waals surface area contributed by atoms with Gasteiger partial charge in [-0.2, -0.15) is 0 Å². The second kappa shape index (κ2) is 5.26. The molecule has 20 heavy (non-hydrogen) atoms. The maximum absolute atomic E-state index is 10.2. The maximum atomic E-state index is 10.2. The Hall–Kier alpha value is -1.86. The number of aliphatic hydroxyl groups excluding tert-OH is 1. The highest BCUT2D eigenvalue weighted by molar-refractivity contribution is 5.67. The lowest BCUT2D eigenvalue weighted by Crippen LogP contribution is -2.44. The Kier molecular flexibility index (Phi) is 3.45. The molecular formula is C13H20N6O. The first kappa shape index (κ1) is 13.1. The average molecular weight is 276 g/mol. The van der Waals surface area contributed by atoms with Crippen LogP contribution in [-0.4, -0.2) is 38.7 Å². The van der Waals surface area contributed by atoms with Crippen LogP contribution < -0.4 is 16.2 Å². The molecule has 2 unspecified atom stereocenters. The van der Waals surface area contributed by atoms with Gasteiger partial charge in [-0.25, -0.2) is 15.8 Å². The minimum Gasteiger partial charge on any atom is -0.391 e. The van der Waals surface area contributed by atoms with Gasteiger partial charge in [0.1, 0.15) is 0 Å². The van der Waals surface area contributed by atoms with Crippen molar-refractivity contribution in [3.63, 3.8) is 0 Å². The molecule has 1 saturated carbocycles. The molecule has 0 amide bonds. The van der Waals surface area contributed by atoms with Crippen LogP contribution in [-0.2, 0) is 0 Å². The zero-order valence-corrected chi connectivity index (χ0v) is 11.5. The molecule has 4 N–H and O–H groups in total. The van der Waals surface area contributed by atoms with E-state index >= 15 is 0 Å². The number of nitrogens with two attached hydrogens (primary N) is 1. The van der Waals surface area contributed by atoms with E-state index in [0.29, 0.717) is 5.82 Å². The van der Waals surface area contributed by atoms with Gasteiger partial charge < -0.3 is 19.8 Å². The molecule has 0 aromatic carbocycles. The van der Waals surface area contributed by atoms with Gasteiger partial charge in [-0.1, -0.05) is 12.8 Å². The van der Waals surface area contributed by atoms with E-state index in [1.807, 2.05) is 22.5 Å². The minimum absolute atomic E-state index is 0.0739. The molecule has 7 heteroatoms. The minimum atomic E-state index is -0.319. The van der Waals surface area contributed by atoms with E-state index in [1.165, 1.54) is 0 Å². The van der Waals surface area contributed by atoms with Gasteiger partial charge in [-0.15, -0.1) is 0 Å². The Morgan fingerprint density at radius 1 is 1.45 bits per heavy atom. The number of hydrogen-bond acceptors (Lipinski definition) is 6. The quantitative estimate of drug-likeness (QED) is 0.566. The Labute approximate surface area is 117 Å². The number of nitrogens with one attached hydrogen (secondary N) is 1. The third-order valence-electron chi connectivity index (χ3n) is 4.03. The Morgan fingerprint density at radius 2 is 2.25 bits per heavy atom. The van der Waals surface area contributed by atoms with Gasteiger partial charge in [0.05, 0.1) is 18.3 Å². The number of hydrazine groups is 1. The molecule has 7 nitrogen and oxygen atoms in total. The summed E-state index contributed by atoms with van der Waals surface area (Å²) in [6.07, 6.45) is 9.07. The van der Waals surface area contributed by atoms with Crippen LogP contribution in [0.25, 0.3) is 5.65 Å². The number of anilines is 2. The zero-order valence-electron chi connectivity index (χ0n) is 11.5. The van der Waals surface area contributed by atoms with Crippen LogP contribution in [0.15, 0.2) is 18.6 Å². The summed E-state index contributed by atoms with van der Waals surface area (Å²) in [5, 5.41) is 10.2. The van der Waals surface area contributed by atoms with Crippen molar-refractivity contribution in [2.24, 2.45) is 5.84 Å². The predicted octanol–water partition coefficient (Wildman–Crippen LogP) is 0.755. The zero-order chi connectivity index (χ0) is 14.1. The van der Waals surface area contributed by atoms with Crippen LogP contribution in [0.4, 0.5) is 11.6 Å². The van der Waals surface area contributed by atoms with E-state index in [-0.39, 0.29) is 12.1 Å². The van der Waals surface area contributed by atoms with E-state index in [0.717, 1.165) is 37.1 Å². The maximum Gasteiger partial charge on any atom is 0.180 e. The topological polar surface area (TPSA) is 91.7 Å². The fraction of sp³-hybridized carbons (Fsp3) is 0.538. The van der Waals surface area contributed by atoms with Crippen LogP contribution in [0.3, 0.4) is 0 Å². The molecule has 2 aromatic heterocycles. The lowest BCUT2D eigenvalue weighted by atomic mass is 9.91. The summed E-state index contributed by atoms with van der Waals surface area (Å²) in [6.45, 7) is 0. The normalized spacial score (nSPS) is 22.9. The van der Waals surface area contributed by atoms with Gasteiger partial charge in [0.25, 0.3) is 0 Å². The molecule has 2 heterocycles. The first-order valence-corrected chi connectivity index (χ1v) is 6.92. The van der Waals surface area contributed by atoms with Gasteiger partial charge >= 0.3 is 0 Å². The summed E-state index contributed by atoms with van der Waals surface area (Å²) in [5.41, 5.74) is 3.34. The smallest absolute Gasteiger partial charge is 0.180 e. The highest BCUT2D eigenvalue weighted by Crippen LogP contribution is 2.28. The van der Waals surface area contributed by atoms with E-state index in [9.17, 15) is 5.11 Å². The largest absolute Gasteiger partial charge is 0.391 e. The van der Waals surface area contributed by atoms with Crippen LogP contribution in [0.1, 0.15) is 25.7 Å². The van der Waals surface area contributed by atoms with Crippen molar-refractivity contribution in [2.75, 3.05) is 17.4 Å². The molecule has 2 aromatic rings. The molecule has 0 saturated heterocycles. The molecule has 0 radical (unpaired) electrons. The van der Waals surface area contributed by atoms with Crippen molar-refractivity contribution in [3.8, 4) is 0 Å². The van der Waals surface area contributed by atoms with E-state index in [4.69, 9.17) is 5.84 Å². The molecule has 0 aliphatic heterocycles. The molecule has 1 aliphatic rings. The second-order valence-corrected chi connectivity index (χ2v) is 5.28. The van der Waals surface area contributed by atoms with Gasteiger partial charge in [-0.05, 0) is 12.8 Å². The number of nitrogens with zero attached hydrogens (tertiary/aromatic N) is 4. The van der Waals surface area contributed by atoms with Gasteiger partial charge in [0.2, 0.25) is 0 Å². The first-order chi connectivity index (χ1) is 9.70. The molecule has 3 rings (SSSR count). The van der Waals surface area contributed by atoms with Crippen LogP contribution in [0.2, 0.25) is 0 Å². The van der Waals surface area contributed by atoms with Crippen molar-refractivity contribution >= 4 is 17.3 Å². The second-order valence-electron chi connectivity index (χ2n) is 5.28. The predicted molar refractivity (Wildman–Crippen MR) is 77.5 cm³/mol.